The smallest absolute Gasteiger partial charge is 0.277 e. The number of aromatic nitrogens is 3. The van der Waals surface area contributed by atoms with Crippen LogP contribution in [0.3, 0.4) is 0 Å². The number of anilines is 1. The van der Waals surface area contributed by atoms with Crippen molar-refractivity contribution in [2.24, 2.45) is 0 Å². The van der Waals surface area contributed by atoms with Crippen LogP contribution in [0.4, 0.5) is 5.82 Å². The van der Waals surface area contributed by atoms with Crippen molar-refractivity contribution in [3.63, 3.8) is 0 Å². The molecule has 118 valence electrons. The summed E-state index contributed by atoms with van der Waals surface area (Å²) in [6.07, 6.45) is 0. The highest BCUT2D eigenvalue weighted by Crippen LogP contribution is 2.24. The molecule has 3 rings (SSSR count). The monoisotopic (exact) mass is 350 g/mol. The summed E-state index contributed by atoms with van der Waals surface area (Å²) in [7, 11) is 0. The van der Waals surface area contributed by atoms with E-state index in [9.17, 15) is 4.79 Å². The first-order chi connectivity index (χ1) is 11.1. The van der Waals surface area contributed by atoms with Crippen molar-refractivity contribution in [3.8, 4) is 11.5 Å². The Balaban J connectivity index is 1.56. The maximum absolute atomic E-state index is 11.8. The van der Waals surface area contributed by atoms with Gasteiger partial charge in [0.2, 0.25) is 11.8 Å². The van der Waals surface area contributed by atoms with Gasteiger partial charge in [0.1, 0.15) is 5.76 Å². The van der Waals surface area contributed by atoms with Gasteiger partial charge in [-0.3, -0.25) is 4.79 Å². The predicted molar refractivity (Wildman–Crippen MR) is 85.3 cm³/mol. The summed E-state index contributed by atoms with van der Waals surface area (Å²) in [4.78, 5) is 11.8. The molecular formula is C14H11ClN4O3S. The van der Waals surface area contributed by atoms with E-state index in [-0.39, 0.29) is 11.7 Å². The third-order valence-electron chi connectivity index (χ3n) is 2.72. The number of thioether (sulfide) groups is 1. The zero-order chi connectivity index (χ0) is 16.2. The Labute approximate surface area is 140 Å². The van der Waals surface area contributed by atoms with Gasteiger partial charge >= 0.3 is 0 Å². The number of nitrogens with zero attached hydrogens (tertiary/aromatic N) is 3. The Morgan fingerprint density at radius 2 is 2.09 bits per heavy atom. The quantitative estimate of drug-likeness (QED) is 0.704. The molecule has 0 aliphatic rings. The number of carbonyl (C=O) groups is 1. The van der Waals surface area contributed by atoms with Crippen LogP contribution in [-0.4, -0.2) is 27.0 Å². The number of hydrogen-bond acceptors (Lipinski definition) is 7. The van der Waals surface area contributed by atoms with Crippen LogP contribution >= 0.6 is 23.4 Å². The Bertz CT molecular complexity index is 816. The minimum atomic E-state index is -0.241. The van der Waals surface area contributed by atoms with E-state index in [2.05, 4.69) is 20.7 Å². The average molecular weight is 351 g/mol. The summed E-state index contributed by atoms with van der Waals surface area (Å²) >= 11 is 6.97. The molecule has 0 aliphatic heterocycles. The second-order valence-corrected chi connectivity index (χ2v) is 5.90. The molecule has 0 radical (unpaired) electrons. The van der Waals surface area contributed by atoms with E-state index in [4.69, 9.17) is 20.5 Å². The number of halogens is 1. The van der Waals surface area contributed by atoms with Crippen LogP contribution in [-0.2, 0) is 4.79 Å². The van der Waals surface area contributed by atoms with Gasteiger partial charge < -0.3 is 14.3 Å². The van der Waals surface area contributed by atoms with Crippen LogP contribution in [0.25, 0.3) is 11.5 Å². The Morgan fingerprint density at radius 3 is 2.78 bits per heavy atom. The number of hydrogen-bond donors (Lipinski definition) is 1. The van der Waals surface area contributed by atoms with Crippen molar-refractivity contribution in [2.75, 3.05) is 11.1 Å². The largest absolute Gasteiger partial charge is 0.411 e. The number of aryl methyl sites for hydroxylation is 1. The van der Waals surface area contributed by atoms with Gasteiger partial charge in [-0.1, -0.05) is 28.5 Å². The van der Waals surface area contributed by atoms with Crippen LogP contribution in [0, 0.1) is 6.92 Å². The number of carbonyl (C=O) groups excluding carboxylic acids is 1. The fourth-order valence-corrected chi connectivity index (χ4v) is 2.40. The highest BCUT2D eigenvalue weighted by atomic mass is 35.5. The van der Waals surface area contributed by atoms with E-state index in [1.165, 1.54) is 0 Å². The average Bonchev–Trinajstić information content (AvgIpc) is 3.15. The highest BCUT2D eigenvalue weighted by molar-refractivity contribution is 7.99. The molecule has 0 bridgehead atoms. The van der Waals surface area contributed by atoms with Gasteiger partial charge in [-0.05, 0) is 31.2 Å². The van der Waals surface area contributed by atoms with Crippen LogP contribution in [0.1, 0.15) is 5.76 Å². The molecule has 2 heterocycles. The predicted octanol–water partition coefficient (Wildman–Crippen LogP) is 3.42. The topological polar surface area (TPSA) is 94.1 Å². The first-order valence-electron chi connectivity index (χ1n) is 6.55. The van der Waals surface area contributed by atoms with Crippen molar-refractivity contribution in [1.82, 2.24) is 15.4 Å². The van der Waals surface area contributed by atoms with Gasteiger partial charge in [-0.15, -0.1) is 10.2 Å². The van der Waals surface area contributed by atoms with E-state index in [0.29, 0.717) is 27.7 Å². The van der Waals surface area contributed by atoms with Gasteiger partial charge in [0.25, 0.3) is 5.22 Å². The maximum atomic E-state index is 11.8. The molecule has 0 aliphatic carbocycles. The van der Waals surface area contributed by atoms with Crippen molar-refractivity contribution in [3.05, 3.63) is 41.1 Å². The Hall–Kier alpha value is -2.32. The molecule has 7 nitrogen and oxygen atoms in total. The third kappa shape index (κ3) is 4.11. The molecule has 0 unspecified atom stereocenters. The molecule has 0 atom stereocenters. The van der Waals surface area contributed by atoms with E-state index in [1.807, 2.05) is 0 Å². The molecule has 9 heteroatoms. The SMILES string of the molecule is Cc1cc(NC(=O)CSc2nnc(-c3ccc(Cl)cc3)o2)no1. The maximum Gasteiger partial charge on any atom is 0.277 e. The molecule has 3 aromatic rings. The van der Waals surface area contributed by atoms with Gasteiger partial charge in [0.15, 0.2) is 5.82 Å². The molecule has 23 heavy (non-hydrogen) atoms. The summed E-state index contributed by atoms with van der Waals surface area (Å²) in [5, 5.41) is 15.1. The zero-order valence-electron chi connectivity index (χ0n) is 11.9. The van der Waals surface area contributed by atoms with Crippen molar-refractivity contribution >= 4 is 35.1 Å². The number of benzene rings is 1. The van der Waals surface area contributed by atoms with Gasteiger partial charge in [0, 0.05) is 16.7 Å². The highest BCUT2D eigenvalue weighted by Gasteiger charge is 2.12. The van der Waals surface area contributed by atoms with Gasteiger partial charge in [-0.25, -0.2) is 0 Å². The van der Waals surface area contributed by atoms with Crippen molar-refractivity contribution in [2.45, 2.75) is 12.1 Å². The van der Waals surface area contributed by atoms with E-state index in [1.54, 1.807) is 37.3 Å². The fourth-order valence-electron chi connectivity index (χ4n) is 1.71. The molecule has 1 amide bonds. The number of nitrogens with one attached hydrogen (secondary N) is 1. The molecule has 0 saturated carbocycles. The summed E-state index contributed by atoms with van der Waals surface area (Å²) in [5.41, 5.74) is 0.760. The van der Waals surface area contributed by atoms with E-state index >= 15 is 0 Å². The minimum Gasteiger partial charge on any atom is -0.411 e. The van der Waals surface area contributed by atoms with Crippen molar-refractivity contribution in [1.29, 1.82) is 0 Å². The van der Waals surface area contributed by atoms with E-state index in [0.717, 1.165) is 17.3 Å². The summed E-state index contributed by atoms with van der Waals surface area (Å²) < 4.78 is 10.4. The van der Waals surface area contributed by atoms with E-state index < -0.39 is 0 Å². The second kappa shape index (κ2) is 6.84. The fraction of sp³-hybridized carbons (Fsp3) is 0.143. The lowest BCUT2D eigenvalue weighted by atomic mass is 10.2. The lowest BCUT2D eigenvalue weighted by molar-refractivity contribution is -0.113. The molecule has 0 saturated heterocycles. The van der Waals surface area contributed by atoms with Gasteiger partial charge in [-0.2, -0.15) is 0 Å². The first kappa shape index (κ1) is 15.6. The number of amides is 1. The normalized spacial score (nSPS) is 10.7. The molecule has 1 N–H and O–H groups in total. The zero-order valence-corrected chi connectivity index (χ0v) is 13.5. The first-order valence-corrected chi connectivity index (χ1v) is 7.92. The molecule has 1 aromatic carbocycles. The van der Waals surface area contributed by atoms with Gasteiger partial charge in [0.05, 0.1) is 5.75 Å². The van der Waals surface area contributed by atoms with Crippen LogP contribution in [0.2, 0.25) is 5.02 Å². The summed E-state index contributed by atoms with van der Waals surface area (Å²) in [6.45, 7) is 1.74. The molecule has 0 spiro atoms. The third-order valence-corrected chi connectivity index (χ3v) is 3.79. The Kier molecular flexibility index (Phi) is 4.63. The molecule has 0 fully saturated rings. The van der Waals surface area contributed by atoms with Crippen LogP contribution < -0.4 is 5.32 Å². The van der Waals surface area contributed by atoms with Crippen LogP contribution in [0.5, 0.6) is 0 Å². The molecule has 2 aromatic heterocycles. The molecular weight excluding hydrogens is 340 g/mol. The summed E-state index contributed by atoms with van der Waals surface area (Å²) in [6, 6.07) is 8.67. The Morgan fingerprint density at radius 1 is 1.30 bits per heavy atom. The lowest BCUT2D eigenvalue weighted by Gasteiger charge is -1.98. The summed E-state index contributed by atoms with van der Waals surface area (Å²) in [5.74, 6) is 1.25. The number of rotatable bonds is 5. The standard InChI is InChI=1S/C14H11ClN4O3S/c1-8-6-11(19-22-8)16-12(20)7-23-14-18-17-13(21-14)9-2-4-10(15)5-3-9/h2-6H,7H2,1H3,(H,16,19,20). The lowest BCUT2D eigenvalue weighted by Crippen LogP contribution is -2.14. The van der Waals surface area contributed by atoms with Crippen LogP contribution in [0.15, 0.2) is 44.5 Å². The minimum absolute atomic E-state index is 0.119. The van der Waals surface area contributed by atoms with Crippen molar-refractivity contribution < 1.29 is 13.7 Å². The second-order valence-electron chi connectivity index (χ2n) is 4.54.